The first kappa shape index (κ1) is 40.0. The lowest BCUT2D eigenvalue weighted by Gasteiger charge is -2.42. The van der Waals surface area contributed by atoms with E-state index >= 15 is 0 Å². The molecule has 6 aromatic rings. The minimum atomic E-state index is -1.12. The number of hydrogen-bond donors (Lipinski definition) is 2. The van der Waals surface area contributed by atoms with Gasteiger partial charge in [-0.25, -0.2) is 4.79 Å². The summed E-state index contributed by atoms with van der Waals surface area (Å²) in [6.07, 6.45) is 4.63. The zero-order valence-electron chi connectivity index (χ0n) is 32.7. The molecule has 1 amide bonds. The van der Waals surface area contributed by atoms with Crippen LogP contribution in [0.2, 0.25) is 10.0 Å². The highest BCUT2D eigenvalue weighted by Gasteiger charge is 2.38. The smallest absolute Gasteiger partial charge is 0.326 e. The number of hydrogen-bond acceptors (Lipinski definition) is 7. The predicted octanol–water partition coefficient (Wildman–Crippen LogP) is 9.18. The number of amides is 1. The van der Waals surface area contributed by atoms with Crippen molar-refractivity contribution < 1.29 is 28.9 Å². The van der Waals surface area contributed by atoms with Gasteiger partial charge in [-0.1, -0.05) is 103 Å². The van der Waals surface area contributed by atoms with Crippen LogP contribution >= 0.6 is 23.2 Å². The molecule has 0 saturated carbocycles. The second-order valence-electron chi connectivity index (χ2n) is 15.0. The minimum absolute atomic E-state index is 0.0956. The van der Waals surface area contributed by atoms with E-state index in [0.29, 0.717) is 53.5 Å². The number of benzene rings is 5. The molecule has 0 unspecified atom stereocenters. The van der Waals surface area contributed by atoms with Crippen molar-refractivity contribution in [2.75, 3.05) is 6.61 Å². The summed E-state index contributed by atoms with van der Waals surface area (Å²) in [5, 5.41) is 18.5. The highest BCUT2D eigenvalue weighted by Crippen LogP contribution is 2.42. The minimum Gasteiger partial charge on any atom is -0.489 e. The second-order valence-corrected chi connectivity index (χ2v) is 15.8. The Morgan fingerprint density at radius 1 is 0.898 bits per heavy atom. The molecule has 12 heteroatoms. The van der Waals surface area contributed by atoms with Crippen molar-refractivity contribution >= 4 is 35.1 Å². The van der Waals surface area contributed by atoms with Gasteiger partial charge in [-0.3, -0.25) is 14.4 Å². The molecule has 10 nitrogen and oxygen atoms in total. The van der Waals surface area contributed by atoms with E-state index in [2.05, 4.69) is 34.4 Å². The first-order valence-electron chi connectivity index (χ1n) is 19.7. The number of halogens is 2. The Balaban J connectivity index is 0.992. The highest BCUT2D eigenvalue weighted by molar-refractivity contribution is 6.42. The fourth-order valence-corrected chi connectivity index (χ4v) is 8.25. The highest BCUT2D eigenvalue weighted by atomic mass is 35.5. The lowest BCUT2D eigenvalue weighted by molar-refractivity contribution is -0.143. The SMILES string of the molecule is CC[C@@H](c1ccccc1)N1Cc2cc3c(cc2C[C@H]1C(=O)N[C@@H](Cc1ccc(-c2cnn(C)c2)cc1)C(=O)O)OC[C@H](c1ccc(OCc2ccc(Cl)c(Cl)c2)cc1)O3. The average molecular weight is 832 g/mol. The third-order valence-electron chi connectivity index (χ3n) is 11.1. The Kier molecular flexibility index (Phi) is 11.9. The summed E-state index contributed by atoms with van der Waals surface area (Å²) in [4.78, 5) is 29.2. The van der Waals surface area contributed by atoms with E-state index in [1.807, 2.05) is 98.2 Å². The number of aliphatic carboxylic acids is 1. The molecule has 8 rings (SSSR count). The van der Waals surface area contributed by atoms with Gasteiger partial charge < -0.3 is 24.6 Å². The zero-order chi connectivity index (χ0) is 41.0. The molecule has 5 aromatic carbocycles. The van der Waals surface area contributed by atoms with Crippen LogP contribution in [0.5, 0.6) is 17.2 Å². The van der Waals surface area contributed by atoms with Crippen LogP contribution in [0.1, 0.15) is 58.9 Å². The van der Waals surface area contributed by atoms with Crippen LogP contribution < -0.4 is 19.5 Å². The normalized spacial score (nSPS) is 17.1. The molecule has 0 spiro atoms. The molecule has 2 N–H and O–H groups in total. The van der Waals surface area contributed by atoms with Gasteiger partial charge in [0.2, 0.25) is 5.91 Å². The molecular weight excluding hydrogens is 787 g/mol. The molecule has 59 heavy (non-hydrogen) atoms. The van der Waals surface area contributed by atoms with Gasteiger partial charge in [0.25, 0.3) is 0 Å². The largest absolute Gasteiger partial charge is 0.489 e. The molecule has 0 bridgehead atoms. The van der Waals surface area contributed by atoms with Gasteiger partial charge in [-0.15, -0.1) is 0 Å². The van der Waals surface area contributed by atoms with Gasteiger partial charge >= 0.3 is 5.97 Å². The van der Waals surface area contributed by atoms with E-state index in [-0.39, 0.29) is 24.5 Å². The summed E-state index contributed by atoms with van der Waals surface area (Å²) >= 11 is 12.2. The summed E-state index contributed by atoms with van der Waals surface area (Å²) in [7, 11) is 1.86. The number of nitrogens with one attached hydrogen (secondary N) is 1. The standard InChI is InChI=1S/C47H44Cl2N4O6/c1-3-41(32-7-5-4-6-8-32)53-26-35-23-44-43(58-28-45(59-44)33-14-16-37(17-15-33)57-27-30-11-18-38(48)39(49)19-30)22-34(35)21-42(53)46(54)51-40(47(55)56)20-29-9-12-31(13-10-29)36-24-50-52(2)25-36/h4-19,22-25,40-42,45H,3,20-21,26-28H2,1-2H3,(H,51,54)(H,55,56)/t40-,41-,42-,45+/m0/s1. The van der Waals surface area contributed by atoms with Gasteiger partial charge in [0.1, 0.15) is 25.0 Å². The van der Waals surface area contributed by atoms with Crippen LogP contribution in [0.25, 0.3) is 11.1 Å². The van der Waals surface area contributed by atoms with Crippen LogP contribution in [0, 0.1) is 0 Å². The molecule has 0 aliphatic carbocycles. The number of aromatic nitrogens is 2. The van der Waals surface area contributed by atoms with Crippen molar-refractivity contribution in [3.05, 3.63) is 165 Å². The van der Waals surface area contributed by atoms with Crippen molar-refractivity contribution in [1.29, 1.82) is 0 Å². The van der Waals surface area contributed by atoms with Gasteiger partial charge in [0.05, 0.1) is 22.3 Å². The Morgan fingerprint density at radius 2 is 1.64 bits per heavy atom. The van der Waals surface area contributed by atoms with Crippen LogP contribution in [-0.4, -0.2) is 50.4 Å². The Labute approximate surface area is 353 Å². The van der Waals surface area contributed by atoms with Crippen molar-refractivity contribution in [2.24, 2.45) is 7.05 Å². The molecular formula is C47H44Cl2N4O6. The maximum Gasteiger partial charge on any atom is 0.326 e. The number of rotatable bonds is 13. The third kappa shape index (κ3) is 9.10. The van der Waals surface area contributed by atoms with Gasteiger partial charge in [-0.2, -0.15) is 5.10 Å². The number of ether oxygens (including phenoxy) is 3. The summed E-state index contributed by atoms with van der Waals surface area (Å²) in [5.41, 5.74) is 7.69. The van der Waals surface area contributed by atoms with E-state index in [1.165, 1.54) is 0 Å². The molecule has 1 aromatic heterocycles. The summed E-state index contributed by atoms with van der Waals surface area (Å²) in [6, 6.07) is 33.2. The van der Waals surface area contributed by atoms with E-state index in [1.54, 1.807) is 23.0 Å². The average Bonchev–Trinajstić information content (AvgIpc) is 3.69. The predicted molar refractivity (Wildman–Crippen MR) is 227 cm³/mol. The zero-order valence-corrected chi connectivity index (χ0v) is 34.2. The quantitative estimate of drug-likeness (QED) is 0.119. The number of carbonyl (C=O) groups is 2. The lowest BCUT2D eigenvalue weighted by Crippen LogP contribution is -2.55. The van der Waals surface area contributed by atoms with E-state index in [9.17, 15) is 14.7 Å². The molecule has 0 radical (unpaired) electrons. The first-order chi connectivity index (χ1) is 28.6. The van der Waals surface area contributed by atoms with Crippen molar-refractivity contribution in [3.8, 4) is 28.4 Å². The second kappa shape index (κ2) is 17.6. The molecule has 2 aliphatic rings. The van der Waals surface area contributed by atoms with Crippen molar-refractivity contribution in [3.63, 3.8) is 0 Å². The number of aryl methyl sites for hydroxylation is 1. The van der Waals surface area contributed by atoms with E-state index < -0.39 is 18.1 Å². The summed E-state index contributed by atoms with van der Waals surface area (Å²) in [6.45, 7) is 3.22. The van der Waals surface area contributed by atoms with Gasteiger partial charge in [0.15, 0.2) is 17.6 Å². The fourth-order valence-electron chi connectivity index (χ4n) is 7.93. The summed E-state index contributed by atoms with van der Waals surface area (Å²) < 4.78 is 20.6. The summed E-state index contributed by atoms with van der Waals surface area (Å²) in [5.74, 6) is 0.535. The Morgan fingerprint density at radius 3 is 2.34 bits per heavy atom. The lowest BCUT2D eigenvalue weighted by atomic mass is 9.89. The fraction of sp³-hybridized carbons (Fsp3) is 0.255. The third-order valence-corrected chi connectivity index (χ3v) is 11.8. The van der Waals surface area contributed by atoms with Crippen LogP contribution in [-0.2, 0) is 42.6 Å². The number of carboxylic acid groups (broad SMARTS) is 1. The Hall–Kier alpha value is -5.81. The topological polar surface area (TPSA) is 115 Å². The monoisotopic (exact) mass is 830 g/mol. The maximum atomic E-state index is 14.4. The first-order valence-corrected chi connectivity index (χ1v) is 20.4. The van der Waals surface area contributed by atoms with E-state index in [0.717, 1.165) is 50.9 Å². The number of fused-ring (bicyclic) bond motifs is 2. The molecule has 2 aliphatic heterocycles. The molecule has 3 heterocycles. The van der Waals surface area contributed by atoms with Crippen LogP contribution in [0.4, 0.5) is 0 Å². The van der Waals surface area contributed by atoms with Gasteiger partial charge in [-0.05, 0) is 88.2 Å². The Bertz CT molecular complexity index is 2440. The number of nitrogens with zero attached hydrogens (tertiary/aromatic N) is 3. The molecule has 4 atom stereocenters. The van der Waals surface area contributed by atoms with Crippen molar-refractivity contribution in [2.45, 2.75) is 63.6 Å². The molecule has 0 fully saturated rings. The molecule has 0 saturated heterocycles. The van der Waals surface area contributed by atoms with Crippen LogP contribution in [0.3, 0.4) is 0 Å². The van der Waals surface area contributed by atoms with Crippen molar-refractivity contribution in [1.82, 2.24) is 20.0 Å². The number of carbonyl (C=O) groups excluding carboxylic acids is 1. The van der Waals surface area contributed by atoms with Crippen LogP contribution in [0.15, 0.2) is 122 Å². The van der Waals surface area contributed by atoms with E-state index in [4.69, 9.17) is 37.4 Å². The molecule has 302 valence electrons. The number of carboxylic acids is 1. The van der Waals surface area contributed by atoms with Gasteiger partial charge in [0, 0.05) is 37.8 Å². The maximum absolute atomic E-state index is 14.4.